The Kier molecular flexibility index (Phi) is 5.48. The van der Waals surface area contributed by atoms with Crippen molar-refractivity contribution in [3.05, 3.63) is 30.3 Å². The Labute approximate surface area is 147 Å². The second-order valence-electron chi connectivity index (χ2n) is 6.35. The molecule has 1 aromatic heterocycles. The number of anilines is 2. The van der Waals surface area contributed by atoms with Crippen molar-refractivity contribution in [3.8, 4) is 17.0 Å². The van der Waals surface area contributed by atoms with Crippen LogP contribution in [-0.4, -0.2) is 34.3 Å². The number of hydrogen-bond acceptors (Lipinski definition) is 5. The number of carbonyl (C=O) groups is 1. The Bertz CT molecular complexity index is 725. The average molecular weight is 340 g/mol. The van der Waals surface area contributed by atoms with Crippen LogP contribution in [0.2, 0.25) is 0 Å². The summed E-state index contributed by atoms with van der Waals surface area (Å²) in [5.74, 6) is 0.855. The van der Waals surface area contributed by atoms with Crippen LogP contribution in [0.3, 0.4) is 0 Å². The molecule has 0 radical (unpaired) electrons. The largest absolute Gasteiger partial charge is 0.506 e. The number of benzene rings is 1. The molecule has 132 valence electrons. The summed E-state index contributed by atoms with van der Waals surface area (Å²) in [6.07, 6.45) is 4.63. The van der Waals surface area contributed by atoms with Gasteiger partial charge >= 0.3 is 0 Å². The molecule has 1 aliphatic heterocycles. The number of carbonyl (C=O) groups excluding carboxylic acids is 1. The zero-order valence-electron chi connectivity index (χ0n) is 14.5. The van der Waals surface area contributed by atoms with E-state index in [0.717, 1.165) is 37.3 Å². The van der Waals surface area contributed by atoms with E-state index in [1.165, 1.54) is 12.8 Å². The molecule has 2 N–H and O–H groups in total. The minimum atomic E-state index is -0.0928. The quantitative estimate of drug-likeness (QED) is 0.786. The van der Waals surface area contributed by atoms with E-state index in [1.807, 2.05) is 19.1 Å². The van der Waals surface area contributed by atoms with E-state index in [9.17, 15) is 9.90 Å². The molecule has 0 saturated carbocycles. The lowest BCUT2D eigenvalue weighted by atomic mass is 10.1. The van der Waals surface area contributed by atoms with Crippen molar-refractivity contribution >= 4 is 17.4 Å². The molecule has 1 aliphatic rings. The highest BCUT2D eigenvalue weighted by atomic mass is 16.3. The number of nitrogens with one attached hydrogen (secondary N) is 1. The van der Waals surface area contributed by atoms with Crippen LogP contribution in [0.25, 0.3) is 11.3 Å². The predicted molar refractivity (Wildman–Crippen MR) is 98.7 cm³/mol. The van der Waals surface area contributed by atoms with Crippen molar-refractivity contribution in [2.75, 3.05) is 23.3 Å². The first-order chi connectivity index (χ1) is 12.2. The molecule has 0 bridgehead atoms. The molecule has 1 amide bonds. The van der Waals surface area contributed by atoms with Gasteiger partial charge in [0, 0.05) is 25.1 Å². The fraction of sp³-hybridized carbons (Fsp3) is 0.421. The van der Waals surface area contributed by atoms with E-state index in [4.69, 9.17) is 0 Å². The molecular formula is C19H24N4O2. The molecule has 0 atom stereocenters. The van der Waals surface area contributed by atoms with Gasteiger partial charge in [-0.1, -0.05) is 13.3 Å². The van der Waals surface area contributed by atoms with Crippen molar-refractivity contribution in [1.29, 1.82) is 0 Å². The van der Waals surface area contributed by atoms with Crippen molar-refractivity contribution in [1.82, 2.24) is 10.2 Å². The molecular weight excluding hydrogens is 316 g/mol. The fourth-order valence-corrected chi connectivity index (χ4v) is 2.94. The van der Waals surface area contributed by atoms with E-state index in [1.54, 1.807) is 18.2 Å². The molecule has 6 nitrogen and oxygen atoms in total. The van der Waals surface area contributed by atoms with Gasteiger partial charge in [-0.15, -0.1) is 10.2 Å². The summed E-state index contributed by atoms with van der Waals surface area (Å²) in [6.45, 7) is 4.10. The van der Waals surface area contributed by atoms with Gasteiger partial charge in [0.05, 0.1) is 11.4 Å². The SMILES string of the molecule is CCCCC(=O)Nc1cc(-c2ccc(N3CCCC3)nn2)ccc1O. The molecule has 1 saturated heterocycles. The normalized spacial score (nSPS) is 13.9. The third-order valence-electron chi connectivity index (χ3n) is 4.40. The smallest absolute Gasteiger partial charge is 0.224 e. The molecule has 0 spiro atoms. The standard InChI is InChI=1S/C19H24N4O2/c1-2-3-6-19(25)20-16-13-14(7-9-17(16)24)15-8-10-18(22-21-15)23-11-4-5-12-23/h7-10,13,24H,2-6,11-12H2,1H3,(H,20,25). The Morgan fingerprint density at radius 2 is 2.00 bits per heavy atom. The number of aromatic nitrogens is 2. The summed E-state index contributed by atoms with van der Waals surface area (Å²) in [6, 6.07) is 8.98. The number of phenols is 1. The maximum atomic E-state index is 11.9. The van der Waals surface area contributed by atoms with Gasteiger partial charge < -0.3 is 15.3 Å². The molecule has 3 rings (SSSR count). The van der Waals surface area contributed by atoms with Gasteiger partial charge in [-0.3, -0.25) is 4.79 Å². The second kappa shape index (κ2) is 7.96. The minimum Gasteiger partial charge on any atom is -0.506 e. The van der Waals surface area contributed by atoms with Gasteiger partial charge in [0.2, 0.25) is 5.91 Å². The zero-order valence-corrected chi connectivity index (χ0v) is 14.5. The van der Waals surface area contributed by atoms with E-state index < -0.39 is 0 Å². The number of hydrogen-bond donors (Lipinski definition) is 2. The first kappa shape index (κ1) is 17.2. The van der Waals surface area contributed by atoms with Crippen LogP contribution in [0.15, 0.2) is 30.3 Å². The molecule has 0 aliphatic carbocycles. The van der Waals surface area contributed by atoms with Crippen LogP contribution in [0, 0.1) is 0 Å². The van der Waals surface area contributed by atoms with Crippen LogP contribution in [0.4, 0.5) is 11.5 Å². The summed E-state index contributed by atoms with van der Waals surface area (Å²) >= 11 is 0. The van der Waals surface area contributed by atoms with Gasteiger partial charge in [-0.05, 0) is 49.6 Å². The highest BCUT2D eigenvalue weighted by Crippen LogP contribution is 2.29. The van der Waals surface area contributed by atoms with Crippen LogP contribution in [0.1, 0.15) is 39.0 Å². The lowest BCUT2D eigenvalue weighted by Crippen LogP contribution is -2.19. The van der Waals surface area contributed by atoms with Crippen LogP contribution >= 0.6 is 0 Å². The number of phenolic OH excluding ortho intramolecular Hbond substituents is 1. The third kappa shape index (κ3) is 4.26. The molecule has 2 heterocycles. The lowest BCUT2D eigenvalue weighted by molar-refractivity contribution is -0.116. The van der Waals surface area contributed by atoms with Crippen LogP contribution < -0.4 is 10.2 Å². The van der Waals surface area contributed by atoms with Gasteiger partial charge in [-0.2, -0.15) is 0 Å². The van der Waals surface area contributed by atoms with Crippen molar-refractivity contribution in [2.24, 2.45) is 0 Å². The molecule has 1 fully saturated rings. The number of amides is 1. The molecule has 0 unspecified atom stereocenters. The summed E-state index contributed by atoms with van der Waals surface area (Å²) in [7, 11) is 0. The van der Waals surface area contributed by atoms with Gasteiger partial charge in [-0.25, -0.2) is 0 Å². The summed E-state index contributed by atoms with van der Waals surface area (Å²) < 4.78 is 0. The summed E-state index contributed by atoms with van der Waals surface area (Å²) in [5, 5.41) is 21.4. The first-order valence-electron chi connectivity index (χ1n) is 8.89. The van der Waals surface area contributed by atoms with Gasteiger partial charge in [0.25, 0.3) is 0 Å². The first-order valence-corrected chi connectivity index (χ1v) is 8.89. The molecule has 2 aromatic rings. The zero-order chi connectivity index (χ0) is 17.6. The van der Waals surface area contributed by atoms with E-state index in [2.05, 4.69) is 20.4 Å². The summed E-state index contributed by atoms with van der Waals surface area (Å²) in [4.78, 5) is 14.1. The molecule has 1 aromatic carbocycles. The average Bonchev–Trinajstić information content (AvgIpc) is 3.17. The third-order valence-corrected chi connectivity index (χ3v) is 4.40. The minimum absolute atomic E-state index is 0.0512. The number of rotatable bonds is 6. The monoisotopic (exact) mass is 340 g/mol. The van der Waals surface area contributed by atoms with E-state index >= 15 is 0 Å². The number of aromatic hydroxyl groups is 1. The van der Waals surface area contributed by atoms with E-state index in [0.29, 0.717) is 17.8 Å². The van der Waals surface area contributed by atoms with Crippen molar-refractivity contribution in [2.45, 2.75) is 39.0 Å². The van der Waals surface area contributed by atoms with E-state index in [-0.39, 0.29) is 11.7 Å². The van der Waals surface area contributed by atoms with Crippen LogP contribution in [0.5, 0.6) is 5.75 Å². The summed E-state index contributed by atoms with van der Waals surface area (Å²) in [5.41, 5.74) is 1.93. The maximum Gasteiger partial charge on any atom is 0.224 e. The van der Waals surface area contributed by atoms with Gasteiger partial charge in [0.1, 0.15) is 5.75 Å². The molecule has 6 heteroatoms. The Morgan fingerprint density at radius 3 is 2.68 bits per heavy atom. The van der Waals surface area contributed by atoms with Crippen molar-refractivity contribution < 1.29 is 9.90 Å². The molecule has 25 heavy (non-hydrogen) atoms. The van der Waals surface area contributed by atoms with Crippen molar-refractivity contribution in [3.63, 3.8) is 0 Å². The number of unbranched alkanes of at least 4 members (excludes halogenated alkanes) is 1. The van der Waals surface area contributed by atoms with Gasteiger partial charge in [0.15, 0.2) is 5.82 Å². The number of nitrogens with zero attached hydrogens (tertiary/aromatic N) is 3. The Balaban J connectivity index is 1.75. The highest BCUT2D eigenvalue weighted by Gasteiger charge is 2.14. The maximum absolute atomic E-state index is 11.9. The Morgan fingerprint density at radius 1 is 1.20 bits per heavy atom. The topological polar surface area (TPSA) is 78.4 Å². The lowest BCUT2D eigenvalue weighted by Gasteiger charge is -2.15. The van der Waals surface area contributed by atoms with Crippen LogP contribution in [-0.2, 0) is 4.79 Å². The second-order valence-corrected chi connectivity index (χ2v) is 6.35. The Hall–Kier alpha value is -2.63. The predicted octanol–water partition coefficient (Wildman–Crippen LogP) is 3.58. The fourth-order valence-electron chi connectivity index (χ4n) is 2.94. The highest BCUT2D eigenvalue weighted by molar-refractivity contribution is 5.93.